The van der Waals surface area contributed by atoms with Crippen molar-refractivity contribution in [2.45, 2.75) is 25.3 Å². The molecule has 1 atom stereocenters. The highest BCUT2D eigenvalue weighted by molar-refractivity contribution is 7.20. The van der Waals surface area contributed by atoms with Crippen LogP contribution in [0.3, 0.4) is 0 Å². The van der Waals surface area contributed by atoms with E-state index >= 15 is 0 Å². The van der Waals surface area contributed by atoms with Crippen molar-refractivity contribution in [1.82, 2.24) is 10.6 Å². The average molecular weight is 388 g/mol. The Balaban J connectivity index is 1.84. The van der Waals surface area contributed by atoms with Crippen molar-refractivity contribution >= 4 is 28.3 Å². The lowest BCUT2D eigenvalue weighted by Crippen LogP contribution is -2.41. The fourth-order valence-corrected chi connectivity index (χ4v) is 4.13. The number of benzene rings is 1. The van der Waals surface area contributed by atoms with E-state index in [2.05, 4.69) is 16.0 Å². The third-order valence-electron chi connectivity index (χ3n) is 4.47. The van der Waals surface area contributed by atoms with Crippen molar-refractivity contribution in [2.24, 2.45) is 5.73 Å². The highest BCUT2D eigenvalue weighted by Gasteiger charge is 2.21. The van der Waals surface area contributed by atoms with Gasteiger partial charge in [0.25, 0.3) is 5.91 Å². The first-order valence-electron chi connectivity index (χ1n) is 8.93. The summed E-state index contributed by atoms with van der Waals surface area (Å²) in [5.74, 6) is 0.549. The molecule has 8 heteroatoms. The Morgan fingerprint density at radius 1 is 1.26 bits per heavy atom. The van der Waals surface area contributed by atoms with Crippen LogP contribution < -0.4 is 26.4 Å². The second-order valence-electron chi connectivity index (χ2n) is 6.44. The number of amides is 3. The van der Waals surface area contributed by atoms with Crippen LogP contribution in [0.5, 0.6) is 5.75 Å². The molecule has 0 saturated carbocycles. The zero-order valence-electron chi connectivity index (χ0n) is 15.2. The van der Waals surface area contributed by atoms with Crippen LogP contribution in [0.2, 0.25) is 0 Å². The molecule has 0 radical (unpaired) electrons. The van der Waals surface area contributed by atoms with Crippen LogP contribution in [0.25, 0.3) is 10.4 Å². The normalized spacial score (nSPS) is 17.0. The number of nitrogens with two attached hydrogens (primary N) is 1. The molecule has 1 aromatic carbocycles. The molecule has 7 nitrogen and oxygen atoms in total. The molecule has 1 unspecified atom stereocenters. The second-order valence-corrected chi connectivity index (χ2v) is 7.49. The molecule has 0 bridgehead atoms. The van der Waals surface area contributed by atoms with Gasteiger partial charge in [-0.3, -0.25) is 10.1 Å². The zero-order chi connectivity index (χ0) is 19.2. The minimum atomic E-state index is -0.691. The van der Waals surface area contributed by atoms with Crippen LogP contribution >= 0.6 is 11.3 Å². The van der Waals surface area contributed by atoms with Gasteiger partial charge in [-0.05, 0) is 55.3 Å². The number of hydrogen-bond donors (Lipinski definition) is 4. The molecule has 2 heterocycles. The van der Waals surface area contributed by atoms with Gasteiger partial charge in [0.05, 0.1) is 12.7 Å². The summed E-state index contributed by atoms with van der Waals surface area (Å²) >= 11 is 1.32. The van der Waals surface area contributed by atoms with Crippen molar-refractivity contribution in [3.63, 3.8) is 0 Å². The topological polar surface area (TPSA) is 105 Å². The molecule has 2 aromatic rings. The van der Waals surface area contributed by atoms with Gasteiger partial charge in [-0.2, -0.15) is 0 Å². The van der Waals surface area contributed by atoms with Gasteiger partial charge in [0, 0.05) is 17.5 Å². The lowest BCUT2D eigenvalue weighted by molar-refractivity contribution is 0.0937. The molecule has 5 N–H and O–H groups in total. The van der Waals surface area contributed by atoms with Crippen molar-refractivity contribution in [3.05, 3.63) is 35.9 Å². The first-order valence-corrected chi connectivity index (χ1v) is 9.75. The molecule has 1 aliphatic rings. The average Bonchev–Trinajstić information content (AvgIpc) is 2.89. The maximum atomic E-state index is 12.8. The van der Waals surface area contributed by atoms with Crippen LogP contribution in [0, 0.1) is 0 Å². The van der Waals surface area contributed by atoms with E-state index < -0.39 is 6.03 Å². The SMILES string of the molecule is COc1ccc(-c2cc(C(=O)NC3CCCCNC3)c(NC(N)=O)s2)cc1. The van der Waals surface area contributed by atoms with Crippen molar-refractivity contribution < 1.29 is 14.3 Å². The molecule has 0 aliphatic carbocycles. The number of rotatable bonds is 5. The summed E-state index contributed by atoms with van der Waals surface area (Å²) in [5, 5.41) is 9.42. The van der Waals surface area contributed by atoms with Crippen molar-refractivity contribution in [1.29, 1.82) is 0 Å². The lowest BCUT2D eigenvalue weighted by atomic mass is 10.1. The first-order chi connectivity index (χ1) is 13.1. The zero-order valence-corrected chi connectivity index (χ0v) is 16.0. The van der Waals surface area contributed by atoms with Crippen LogP contribution in [0.4, 0.5) is 9.80 Å². The third kappa shape index (κ3) is 4.99. The Kier molecular flexibility index (Phi) is 6.31. The quantitative estimate of drug-likeness (QED) is 0.632. The van der Waals surface area contributed by atoms with Gasteiger partial charge in [-0.15, -0.1) is 11.3 Å². The number of ether oxygens (including phenoxy) is 1. The number of methoxy groups -OCH3 is 1. The van der Waals surface area contributed by atoms with E-state index in [1.165, 1.54) is 11.3 Å². The van der Waals surface area contributed by atoms with E-state index in [0.29, 0.717) is 10.6 Å². The summed E-state index contributed by atoms with van der Waals surface area (Å²) in [4.78, 5) is 25.1. The largest absolute Gasteiger partial charge is 0.497 e. The number of carbonyl (C=O) groups is 2. The van der Waals surface area contributed by atoms with Crippen LogP contribution in [-0.2, 0) is 0 Å². The first kappa shape index (κ1) is 19.2. The number of thiophene rings is 1. The summed E-state index contributed by atoms with van der Waals surface area (Å²) in [7, 11) is 1.61. The second kappa shape index (κ2) is 8.88. The fraction of sp³-hybridized carbons (Fsp3) is 0.368. The predicted molar refractivity (Wildman–Crippen MR) is 107 cm³/mol. The Morgan fingerprint density at radius 3 is 2.74 bits per heavy atom. The Morgan fingerprint density at radius 2 is 2.04 bits per heavy atom. The van der Waals surface area contributed by atoms with Gasteiger partial charge >= 0.3 is 6.03 Å². The number of nitrogens with one attached hydrogen (secondary N) is 3. The van der Waals surface area contributed by atoms with Crippen LogP contribution in [-0.4, -0.2) is 38.2 Å². The summed E-state index contributed by atoms with van der Waals surface area (Å²) in [6.45, 7) is 1.72. The van der Waals surface area contributed by atoms with Gasteiger partial charge in [0.15, 0.2) is 0 Å². The van der Waals surface area contributed by atoms with Gasteiger partial charge in [0.1, 0.15) is 10.8 Å². The van der Waals surface area contributed by atoms with Gasteiger partial charge < -0.3 is 21.1 Å². The molecule has 27 heavy (non-hydrogen) atoms. The molecule has 1 saturated heterocycles. The summed E-state index contributed by atoms with van der Waals surface area (Å²) in [5.41, 5.74) is 6.64. The lowest BCUT2D eigenvalue weighted by Gasteiger charge is -2.16. The number of carbonyl (C=O) groups excluding carboxylic acids is 2. The Labute approximate surface area is 162 Å². The van der Waals surface area contributed by atoms with E-state index in [1.54, 1.807) is 13.2 Å². The summed E-state index contributed by atoms with van der Waals surface area (Å²) < 4.78 is 5.18. The van der Waals surface area contributed by atoms with Gasteiger partial charge in [0.2, 0.25) is 0 Å². The van der Waals surface area contributed by atoms with Crippen molar-refractivity contribution in [2.75, 3.05) is 25.5 Å². The molecule has 3 amide bonds. The maximum absolute atomic E-state index is 12.8. The van der Waals surface area contributed by atoms with E-state index in [1.807, 2.05) is 24.3 Å². The van der Waals surface area contributed by atoms with E-state index in [4.69, 9.17) is 10.5 Å². The van der Waals surface area contributed by atoms with Gasteiger partial charge in [-0.25, -0.2) is 4.79 Å². The van der Waals surface area contributed by atoms with Crippen molar-refractivity contribution in [3.8, 4) is 16.2 Å². The molecule has 144 valence electrons. The smallest absolute Gasteiger partial charge is 0.317 e. The Hall–Kier alpha value is -2.58. The van der Waals surface area contributed by atoms with Crippen LogP contribution in [0.1, 0.15) is 29.6 Å². The standard InChI is InChI=1S/C19H24N4O3S/c1-26-14-7-5-12(6-8-14)16-10-15(18(27-16)23-19(20)25)17(24)22-13-4-2-3-9-21-11-13/h5-8,10,13,21H,2-4,9,11H2,1H3,(H,22,24)(H3,20,23,25). The predicted octanol–water partition coefficient (Wildman–Crippen LogP) is 2.79. The number of hydrogen-bond acceptors (Lipinski definition) is 5. The summed E-state index contributed by atoms with van der Waals surface area (Å²) in [6.07, 6.45) is 3.12. The van der Waals surface area contributed by atoms with E-state index in [-0.39, 0.29) is 11.9 Å². The highest BCUT2D eigenvalue weighted by Crippen LogP contribution is 2.36. The molecule has 1 fully saturated rings. The molecule has 3 rings (SSSR count). The molecule has 0 spiro atoms. The minimum absolute atomic E-state index is 0.0748. The van der Waals surface area contributed by atoms with E-state index in [9.17, 15) is 9.59 Å². The monoisotopic (exact) mass is 388 g/mol. The minimum Gasteiger partial charge on any atom is -0.497 e. The highest BCUT2D eigenvalue weighted by atomic mass is 32.1. The van der Waals surface area contributed by atoms with Gasteiger partial charge in [-0.1, -0.05) is 6.42 Å². The number of urea groups is 1. The van der Waals surface area contributed by atoms with Crippen LogP contribution in [0.15, 0.2) is 30.3 Å². The summed E-state index contributed by atoms with van der Waals surface area (Å²) in [6, 6.07) is 8.71. The molecule has 1 aromatic heterocycles. The molecule has 1 aliphatic heterocycles. The Bertz CT molecular complexity index is 796. The number of anilines is 1. The van der Waals surface area contributed by atoms with E-state index in [0.717, 1.165) is 48.5 Å². The number of primary amides is 1. The fourth-order valence-electron chi connectivity index (χ4n) is 3.07. The molecular weight excluding hydrogens is 364 g/mol. The molecular formula is C19H24N4O3S. The third-order valence-corrected chi connectivity index (χ3v) is 5.57. The maximum Gasteiger partial charge on any atom is 0.317 e.